The van der Waals surface area contributed by atoms with E-state index in [1.165, 1.54) is 9.13 Å². The minimum Gasteiger partial charge on any atom is -0.497 e. The van der Waals surface area contributed by atoms with Gasteiger partial charge in [0.1, 0.15) is 5.75 Å². The molecule has 0 bridgehead atoms. The number of benzene rings is 2. The second-order valence-electron chi connectivity index (χ2n) is 4.54. The van der Waals surface area contributed by atoms with E-state index in [2.05, 4.69) is 62.9 Å². The van der Waals surface area contributed by atoms with E-state index in [0.29, 0.717) is 5.02 Å². The molecule has 2 rings (SSSR count). The number of nitrogens with one attached hydrogen (secondary N) is 1. The fourth-order valence-electron chi connectivity index (χ4n) is 2.20. The lowest BCUT2D eigenvalue weighted by Crippen LogP contribution is -2.23. The molecule has 112 valence electrons. The van der Waals surface area contributed by atoms with E-state index in [0.717, 1.165) is 22.3 Å². The quantitative estimate of drug-likeness (QED) is 0.578. The Bertz CT molecular complexity index is 636. The highest BCUT2D eigenvalue weighted by Gasteiger charge is 2.19. The van der Waals surface area contributed by atoms with E-state index in [1.807, 2.05) is 24.3 Å². The first-order chi connectivity index (χ1) is 10.1. The van der Waals surface area contributed by atoms with Crippen LogP contribution in [0.1, 0.15) is 24.1 Å². The van der Waals surface area contributed by atoms with Gasteiger partial charge in [0.25, 0.3) is 0 Å². The molecule has 5 heteroatoms. The molecule has 1 N–H and O–H groups in total. The summed E-state index contributed by atoms with van der Waals surface area (Å²) >= 11 is 12.3. The Morgan fingerprint density at radius 3 is 2.62 bits per heavy atom. The maximum Gasteiger partial charge on any atom is 0.120 e. The molecule has 0 spiro atoms. The Balaban J connectivity index is 2.50. The first-order valence-electron chi connectivity index (χ1n) is 6.58. The monoisotopic (exact) mass is 479 g/mol. The lowest BCUT2D eigenvalue weighted by molar-refractivity contribution is 0.414. The van der Waals surface area contributed by atoms with Crippen molar-refractivity contribution in [2.75, 3.05) is 13.7 Å². The van der Waals surface area contributed by atoms with Crippen LogP contribution in [0.3, 0.4) is 0 Å². The summed E-state index contributed by atoms with van der Waals surface area (Å²) in [6.45, 7) is 2.95. The summed E-state index contributed by atoms with van der Waals surface area (Å²) < 4.78 is 7.49. The van der Waals surface area contributed by atoms with Crippen molar-refractivity contribution in [3.8, 4) is 5.75 Å². The van der Waals surface area contributed by atoms with Crippen LogP contribution in [0.15, 0.2) is 40.9 Å². The fourth-order valence-corrected chi connectivity index (χ4v) is 3.50. The Morgan fingerprint density at radius 1 is 1.24 bits per heavy atom. The molecule has 1 unspecified atom stereocenters. The van der Waals surface area contributed by atoms with E-state index >= 15 is 0 Å². The molecule has 0 heterocycles. The molecular formula is C16H16BrClINO. The van der Waals surface area contributed by atoms with Crippen molar-refractivity contribution in [1.29, 1.82) is 0 Å². The van der Waals surface area contributed by atoms with E-state index in [1.54, 1.807) is 7.11 Å². The Labute approximate surface area is 152 Å². The van der Waals surface area contributed by atoms with E-state index in [9.17, 15) is 0 Å². The van der Waals surface area contributed by atoms with Crippen molar-refractivity contribution in [3.05, 3.63) is 60.6 Å². The van der Waals surface area contributed by atoms with Gasteiger partial charge in [-0.15, -0.1) is 0 Å². The third-order valence-corrected chi connectivity index (χ3v) is 5.00. The van der Waals surface area contributed by atoms with Gasteiger partial charge in [0.05, 0.1) is 13.2 Å². The zero-order valence-corrected chi connectivity index (χ0v) is 16.3. The fraction of sp³-hybridized carbons (Fsp3) is 0.250. The average molecular weight is 481 g/mol. The van der Waals surface area contributed by atoms with Gasteiger partial charge in [-0.05, 0) is 70.6 Å². The highest BCUT2D eigenvalue weighted by molar-refractivity contribution is 14.1. The molecule has 0 aliphatic heterocycles. The normalized spacial score (nSPS) is 12.2. The van der Waals surface area contributed by atoms with Crippen molar-refractivity contribution < 1.29 is 4.74 Å². The largest absolute Gasteiger partial charge is 0.497 e. The predicted molar refractivity (Wildman–Crippen MR) is 100 cm³/mol. The molecule has 21 heavy (non-hydrogen) atoms. The van der Waals surface area contributed by atoms with Gasteiger partial charge in [-0.2, -0.15) is 0 Å². The molecule has 2 aromatic rings. The number of rotatable bonds is 5. The smallest absolute Gasteiger partial charge is 0.120 e. The standard InChI is InChI=1S/C16H16BrClINO/c1-3-20-16(13-8-10(17)4-7-15(13)19)12-6-5-11(21-2)9-14(12)18/h4-9,16,20H,3H2,1-2H3. The topological polar surface area (TPSA) is 21.3 Å². The number of hydrogen-bond acceptors (Lipinski definition) is 2. The highest BCUT2D eigenvalue weighted by Crippen LogP contribution is 2.34. The maximum absolute atomic E-state index is 6.45. The zero-order valence-electron chi connectivity index (χ0n) is 11.8. The zero-order chi connectivity index (χ0) is 15.4. The SMILES string of the molecule is CCNC(c1ccc(OC)cc1Cl)c1cc(Br)ccc1I. The van der Waals surface area contributed by atoms with Crippen molar-refractivity contribution >= 4 is 50.1 Å². The van der Waals surface area contributed by atoms with Crippen LogP contribution in [0.4, 0.5) is 0 Å². The Kier molecular flexibility index (Phi) is 6.34. The summed E-state index contributed by atoms with van der Waals surface area (Å²) in [5.74, 6) is 0.767. The number of halogens is 3. The van der Waals surface area contributed by atoms with Crippen LogP contribution in [-0.4, -0.2) is 13.7 Å². The number of hydrogen-bond donors (Lipinski definition) is 1. The number of methoxy groups -OCH3 is 1. The lowest BCUT2D eigenvalue weighted by atomic mass is 9.98. The Hall–Kier alpha value is -0.300. The van der Waals surface area contributed by atoms with Gasteiger partial charge in [0, 0.05) is 13.1 Å². The number of ether oxygens (including phenoxy) is 1. The summed E-state index contributed by atoms with van der Waals surface area (Å²) in [5, 5.41) is 4.22. The predicted octanol–water partition coefficient (Wildman–Crippen LogP) is 5.41. The van der Waals surface area contributed by atoms with Gasteiger partial charge >= 0.3 is 0 Å². The van der Waals surface area contributed by atoms with Gasteiger partial charge in [0.2, 0.25) is 0 Å². The minimum atomic E-state index is 0.0535. The molecule has 0 fully saturated rings. The summed E-state index contributed by atoms with van der Waals surface area (Å²) in [6, 6.07) is 12.1. The molecule has 1 atom stereocenters. The van der Waals surface area contributed by atoms with Crippen LogP contribution in [0.5, 0.6) is 5.75 Å². The van der Waals surface area contributed by atoms with Crippen LogP contribution in [0.25, 0.3) is 0 Å². The van der Waals surface area contributed by atoms with Gasteiger partial charge in [-0.25, -0.2) is 0 Å². The summed E-state index contributed by atoms with van der Waals surface area (Å²) in [6.07, 6.45) is 0. The molecule has 2 nitrogen and oxygen atoms in total. The minimum absolute atomic E-state index is 0.0535. The first kappa shape index (κ1) is 17.1. The molecule has 0 saturated carbocycles. The molecule has 0 saturated heterocycles. The highest BCUT2D eigenvalue weighted by atomic mass is 127. The summed E-state index contributed by atoms with van der Waals surface area (Å²) in [5.41, 5.74) is 2.26. The van der Waals surface area contributed by atoms with Crippen LogP contribution < -0.4 is 10.1 Å². The van der Waals surface area contributed by atoms with Gasteiger partial charge in [-0.1, -0.05) is 40.5 Å². The van der Waals surface area contributed by atoms with Crippen molar-refractivity contribution in [2.45, 2.75) is 13.0 Å². The Morgan fingerprint density at radius 2 is 2.00 bits per heavy atom. The second kappa shape index (κ2) is 7.81. The molecular weight excluding hydrogens is 464 g/mol. The third-order valence-electron chi connectivity index (χ3n) is 3.20. The van der Waals surface area contributed by atoms with Crippen LogP contribution in [-0.2, 0) is 0 Å². The van der Waals surface area contributed by atoms with E-state index in [-0.39, 0.29) is 6.04 Å². The van der Waals surface area contributed by atoms with E-state index < -0.39 is 0 Å². The van der Waals surface area contributed by atoms with Crippen LogP contribution >= 0.6 is 50.1 Å². The third kappa shape index (κ3) is 4.12. The van der Waals surface area contributed by atoms with Gasteiger partial charge in [-0.3, -0.25) is 0 Å². The molecule has 0 aliphatic carbocycles. The van der Waals surface area contributed by atoms with E-state index in [4.69, 9.17) is 16.3 Å². The lowest BCUT2D eigenvalue weighted by Gasteiger charge is -2.22. The summed E-state index contributed by atoms with van der Waals surface area (Å²) in [4.78, 5) is 0. The second-order valence-corrected chi connectivity index (χ2v) is 7.03. The average Bonchev–Trinajstić information content (AvgIpc) is 2.48. The maximum atomic E-state index is 6.45. The van der Waals surface area contributed by atoms with Crippen LogP contribution in [0.2, 0.25) is 5.02 Å². The van der Waals surface area contributed by atoms with Crippen molar-refractivity contribution in [1.82, 2.24) is 5.32 Å². The van der Waals surface area contributed by atoms with Crippen LogP contribution in [0, 0.1) is 3.57 Å². The molecule has 0 aliphatic rings. The van der Waals surface area contributed by atoms with Crippen molar-refractivity contribution in [3.63, 3.8) is 0 Å². The van der Waals surface area contributed by atoms with Crippen molar-refractivity contribution in [2.24, 2.45) is 0 Å². The molecule has 0 radical (unpaired) electrons. The molecule has 2 aromatic carbocycles. The molecule has 0 amide bonds. The summed E-state index contributed by atoms with van der Waals surface area (Å²) in [7, 11) is 1.64. The van der Waals surface area contributed by atoms with Gasteiger partial charge < -0.3 is 10.1 Å². The first-order valence-corrected chi connectivity index (χ1v) is 8.83. The molecule has 0 aromatic heterocycles. The van der Waals surface area contributed by atoms with Gasteiger partial charge in [0.15, 0.2) is 0 Å².